The molecule has 0 bridgehead atoms. The number of unbranched alkanes of at least 4 members (excludes halogenated alkanes) is 2. The molecule has 0 saturated heterocycles. The topological polar surface area (TPSA) is 23.8 Å². The molecule has 0 radical (unpaired) electrons. The molecule has 0 aromatic rings. The van der Waals surface area contributed by atoms with Crippen molar-refractivity contribution in [3.63, 3.8) is 0 Å². The highest BCUT2D eigenvalue weighted by Gasteiger charge is 1.94. The Kier molecular flexibility index (Phi) is 6.82. The molecule has 0 aliphatic heterocycles. The highest BCUT2D eigenvalue weighted by molar-refractivity contribution is 5.03. The summed E-state index contributed by atoms with van der Waals surface area (Å²) in [5, 5.41) is 8.25. The molecule has 0 N–H and O–H groups in total. The molecule has 0 fully saturated rings. The molecule has 0 aromatic heterocycles. The van der Waals surface area contributed by atoms with Crippen molar-refractivity contribution in [2.75, 3.05) is 0 Å². The molecule has 11 heavy (non-hydrogen) atoms. The fraction of sp³-hybridized carbons (Fsp3) is 0.700. The summed E-state index contributed by atoms with van der Waals surface area (Å²) in [6.07, 6.45) is 8.64. The zero-order valence-electron chi connectivity index (χ0n) is 7.51. The van der Waals surface area contributed by atoms with Gasteiger partial charge in [-0.25, -0.2) is 0 Å². The Morgan fingerprint density at radius 3 is 2.73 bits per heavy atom. The van der Waals surface area contributed by atoms with Gasteiger partial charge in [0.15, 0.2) is 0 Å². The largest absolute Gasteiger partial charge is 0.193 e. The van der Waals surface area contributed by atoms with Gasteiger partial charge in [-0.15, -0.1) is 0 Å². The summed E-state index contributed by atoms with van der Waals surface area (Å²) in [4.78, 5) is 0. The summed E-state index contributed by atoms with van der Waals surface area (Å²) in [6.45, 7) is 4.36. The SMILES string of the molecule is CCCCC[C@H](C)/C=C/C#N. The number of allylic oxidation sites excluding steroid dienone is 2. The molecule has 1 atom stereocenters. The highest BCUT2D eigenvalue weighted by Crippen LogP contribution is 2.09. The number of nitrogens with zero attached hydrogens (tertiary/aromatic N) is 1. The van der Waals surface area contributed by atoms with Gasteiger partial charge in [-0.1, -0.05) is 39.2 Å². The van der Waals surface area contributed by atoms with Gasteiger partial charge in [0, 0.05) is 6.08 Å². The lowest BCUT2D eigenvalue weighted by Crippen LogP contribution is -1.88. The molecule has 0 aromatic carbocycles. The maximum absolute atomic E-state index is 8.25. The predicted molar refractivity (Wildman–Crippen MR) is 48.1 cm³/mol. The van der Waals surface area contributed by atoms with Crippen LogP contribution >= 0.6 is 0 Å². The lowest BCUT2D eigenvalue weighted by molar-refractivity contribution is 0.576. The molecular weight excluding hydrogens is 134 g/mol. The monoisotopic (exact) mass is 151 g/mol. The Balaban J connectivity index is 3.31. The smallest absolute Gasteiger partial charge is 0.0908 e. The van der Waals surface area contributed by atoms with Crippen LogP contribution in [0.5, 0.6) is 0 Å². The third-order valence-electron chi connectivity index (χ3n) is 1.76. The normalized spacial score (nSPS) is 13.2. The Labute approximate surface area is 69.7 Å². The Hall–Kier alpha value is -0.770. The fourth-order valence-corrected chi connectivity index (χ4v) is 1.02. The summed E-state index contributed by atoms with van der Waals surface area (Å²) in [6, 6.07) is 2.01. The first-order chi connectivity index (χ1) is 5.31. The van der Waals surface area contributed by atoms with E-state index in [0.717, 1.165) is 0 Å². The lowest BCUT2D eigenvalue weighted by Gasteiger charge is -2.02. The molecular formula is C10H17N. The molecule has 0 amide bonds. The quantitative estimate of drug-likeness (QED) is 0.437. The first kappa shape index (κ1) is 10.2. The number of nitriles is 1. The predicted octanol–water partition coefficient (Wildman–Crippen LogP) is 3.28. The van der Waals surface area contributed by atoms with Crippen LogP contribution in [-0.2, 0) is 0 Å². The van der Waals surface area contributed by atoms with E-state index in [9.17, 15) is 0 Å². The van der Waals surface area contributed by atoms with Gasteiger partial charge >= 0.3 is 0 Å². The van der Waals surface area contributed by atoms with Crippen molar-refractivity contribution in [1.29, 1.82) is 5.26 Å². The van der Waals surface area contributed by atoms with Crippen LogP contribution in [0.3, 0.4) is 0 Å². The van der Waals surface area contributed by atoms with Crippen LogP contribution in [-0.4, -0.2) is 0 Å². The molecule has 0 unspecified atom stereocenters. The van der Waals surface area contributed by atoms with Gasteiger partial charge < -0.3 is 0 Å². The molecule has 1 heteroatoms. The zero-order valence-corrected chi connectivity index (χ0v) is 7.51. The number of hydrogen-bond acceptors (Lipinski definition) is 1. The third kappa shape index (κ3) is 7.12. The first-order valence-corrected chi connectivity index (χ1v) is 4.37. The van der Waals surface area contributed by atoms with Crippen LogP contribution in [0.15, 0.2) is 12.2 Å². The minimum absolute atomic E-state index is 0.571. The number of rotatable bonds is 5. The Morgan fingerprint density at radius 2 is 2.18 bits per heavy atom. The molecule has 0 saturated carbocycles. The van der Waals surface area contributed by atoms with Crippen molar-refractivity contribution >= 4 is 0 Å². The molecule has 0 rings (SSSR count). The second-order valence-electron chi connectivity index (χ2n) is 2.96. The first-order valence-electron chi connectivity index (χ1n) is 4.37. The van der Waals surface area contributed by atoms with Gasteiger partial charge in [-0.2, -0.15) is 5.26 Å². The Bertz CT molecular complexity index is 141. The maximum atomic E-state index is 8.25. The molecule has 1 nitrogen and oxygen atoms in total. The summed E-state index contributed by atoms with van der Waals surface area (Å²) in [7, 11) is 0. The minimum atomic E-state index is 0.571. The van der Waals surface area contributed by atoms with Crippen LogP contribution in [0.4, 0.5) is 0 Å². The second kappa shape index (κ2) is 7.34. The van der Waals surface area contributed by atoms with E-state index >= 15 is 0 Å². The van der Waals surface area contributed by atoms with Gasteiger partial charge in [0.2, 0.25) is 0 Å². The third-order valence-corrected chi connectivity index (χ3v) is 1.76. The second-order valence-corrected chi connectivity index (χ2v) is 2.96. The fourth-order valence-electron chi connectivity index (χ4n) is 1.02. The molecule has 62 valence electrons. The van der Waals surface area contributed by atoms with Crippen LogP contribution in [0.1, 0.15) is 39.5 Å². The Morgan fingerprint density at radius 1 is 1.45 bits per heavy atom. The highest BCUT2D eigenvalue weighted by atomic mass is 14.2. The van der Waals surface area contributed by atoms with Crippen LogP contribution < -0.4 is 0 Å². The van der Waals surface area contributed by atoms with Crippen LogP contribution in [0.25, 0.3) is 0 Å². The summed E-state index contributed by atoms with van der Waals surface area (Å²) < 4.78 is 0. The van der Waals surface area contributed by atoms with E-state index in [4.69, 9.17) is 5.26 Å². The molecule has 0 aliphatic rings. The van der Waals surface area contributed by atoms with Crippen LogP contribution in [0.2, 0.25) is 0 Å². The van der Waals surface area contributed by atoms with Gasteiger partial charge in [0.25, 0.3) is 0 Å². The van der Waals surface area contributed by atoms with Gasteiger partial charge in [-0.3, -0.25) is 0 Å². The van der Waals surface area contributed by atoms with Crippen molar-refractivity contribution in [3.8, 4) is 6.07 Å². The number of hydrogen-bond donors (Lipinski definition) is 0. The van der Waals surface area contributed by atoms with E-state index in [0.29, 0.717) is 5.92 Å². The van der Waals surface area contributed by atoms with Gasteiger partial charge in [0.1, 0.15) is 0 Å². The molecule has 0 heterocycles. The van der Waals surface area contributed by atoms with Crippen molar-refractivity contribution in [2.24, 2.45) is 5.92 Å². The van der Waals surface area contributed by atoms with E-state index in [1.807, 2.05) is 12.1 Å². The summed E-state index contributed by atoms with van der Waals surface area (Å²) >= 11 is 0. The zero-order chi connectivity index (χ0) is 8.53. The maximum Gasteiger partial charge on any atom is 0.0908 e. The van der Waals surface area contributed by atoms with E-state index in [2.05, 4.69) is 13.8 Å². The van der Waals surface area contributed by atoms with Gasteiger partial charge in [0.05, 0.1) is 6.07 Å². The average Bonchev–Trinajstić information content (AvgIpc) is 2.01. The standard InChI is InChI=1S/C10H17N/c1-3-4-5-7-10(2)8-6-9-11/h6,8,10H,3-5,7H2,1-2H3/b8-6+/t10-/m0/s1. The minimum Gasteiger partial charge on any atom is -0.193 e. The van der Waals surface area contributed by atoms with E-state index in [1.165, 1.54) is 25.7 Å². The molecule has 0 spiro atoms. The summed E-state index contributed by atoms with van der Waals surface area (Å²) in [5.74, 6) is 0.571. The van der Waals surface area contributed by atoms with Crippen molar-refractivity contribution in [1.82, 2.24) is 0 Å². The van der Waals surface area contributed by atoms with Gasteiger partial charge in [-0.05, 0) is 12.3 Å². The molecule has 0 aliphatic carbocycles. The average molecular weight is 151 g/mol. The van der Waals surface area contributed by atoms with Crippen molar-refractivity contribution in [2.45, 2.75) is 39.5 Å². The van der Waals surface area contributed by atoms with Crippen molar-refractivity contribution < 1.29 is 0 Å². The van der Waals surface area contributed by atoms with Crippen molar-refractivity contribution in [3.05, 3.63) is 12.2 Å². The van der Waals surface area contributed by atoms with E-state index in [-0.39, 0.29) is 0 Å². The van der Waals surface area contributed by atoms with E-state index in [1.54, 1.807) is 6.08 Å². The van der Waals surface area contributed by atoms with E-state index < -0.39 is 0 Å². The lowest BCUT2D eigenvalue weighted by atomic mass is 10.0. The van der Waals surface area contributed by atoms with Crippen LogP contribution in [0, 0.1) is 17.2 Å². The summed E-state index contributed by atoms with van der Waals surface area (Å²) in [5.41, 5.74) is 0.